The van der Waals surface area contributed by atoms with Crippen LogP contribution in [0.25, 0.3) is 0 Å². The van der Waals surface area contributed by atoms with E-state index in [-0.39, 0.29) is 18.2 Å². The Balaban J connectivity index is 1.97. The minimum atomic E-state index is -0.174. The molecule has 2 aromatic carbocycles. The number of aromatic hydroxyl groups is 1. The molecule has 0 spiro atoms. The third-order valence-electron chi connectivity index (χ3n) is 4.29. The van der Waals surface area contributed by atoms with Gasteiger partial charge in [-0.1, -0.05) is 44.2 Å². The smallest absolute Gasteiger partial charge is 0.258 e. The molecule has 132 valence electrons. The Morgan fingerprint density at radius 1 is 1.00 bits per heavy atom. The van der Waals surface area contributed by atoms with Crippen LogP contribution >= 0.6 is 0 Å². The van der Waals surface area contributed by atoms with Crippen LogP contribution in [0.5, 0.6) is 5.75 Å². The quantitative estimate of drug-likeness (QED) is 0.725. The van der Waals surface area contributed by atoms with Crippen LogP contribution in [0.4, 0.5) is 5.69 Å². The van der Waals surface area contributed by atoms with E-state index in [1.54, 1.807) is 35.4 Å². The molecule has 1 N–H and O–H groups in total. The number of aromatic nitrogens is 1. The fourth-order valence-electron chi connectivity index (χ4n) is 2.78. The third kappa shape index (κ3) is 3.91. The van der Waals surface area contributed by atoms with Crippen molar-refractivity contribution in [2.75, 3.05) is 4.90 Å². The second-order valence-corrected chi connectivity index (χ2v) is 6.48. The molecule has 0 aliphatic carbocycles. The van der Waals surface area contributed by atoms with Gasteiger partial charge in [0.1, 0.15) is 5.75 Å². The molecule has 4 heteroatoms. The van der Waals surface area contributed by atoms with Crippen molar-refractivity contribution in [2.24, 2.45) is 0 Å². The van der Waals surface area contributed by atoms with Crippen LogP contribution < -0.4 is 4.90 Å². The minimum absolute atomic E-state index is 0.0654. The fraction of sp³-hybridized carbons (Fsp3) is 0.182. The van der Waals surface area contributed by atoms with Crippen LogP contribution in [-0.4, -0.2) is 16.0 Å². The van der Waals surface area contributed by atoms with Crippen LogP contribution in [0, 0.1) is 0 Å². The number of carbonyl (C=O) groups excluding carboxylic acids is 1. The molecule has 3 rings (SSSR count). The number of anilines is 1. The summed E-state index contributed by atoms with van der Waals surface area (Å²) in [5.74, 6) is 0.296. The van der Waals surface area contributed by atoms with E-state index in [4.69, 9.17) is 0 Å². The molecular weight excluding hydrogens is 324 g/mol. The Morgan fingerprint density at radius 3 is 2.31 bits per heavy atom. The van der Waals surface area contributed by atoms with E-state index in [1.165, 1.54) is 5.56 Å². The van der Waals surface area contributed by atoms with Crippen molar-refractivity contribution in [3.05, 3.63) is 89.7 Å². The Kier molecular flexibility index (Phi) is 5.32. The van der Waals surface area contributed by atoms with Crippen molar-refractivity contribution in [3.8, 4) is 5.75 Å². The molecule has 0 unspecified atom stereocenters. The van der Waals surface area contributed by atoms with Crippen molar-refractivity contribution < 1.29 is 9.90 Å². The number of carbonyl (C=O) groups is 1. The zero-order chi connectivity index (χ0) is 18.5. The summed E-state index contributed by atoms with van der Waals surface area (Å²) in [6.07, 6.45) is 1.69. The number of hydrogen-bond acceptors (Lipinski definition) is 3. The van der Waals surface area contributed by atoms with Crippen molar-refractivity contribution in [1.82, 2.24) is 4.98 Å². The largest absolute Gasteiger partial charge is 0.506 e. The maximum atomic E-state index is 13.2. The third-order valence-corrected chi connectivity index (χ3v) is 4.29. The van der Waals surface area contributed by atoms with Crippen LogP contribution in [0.1, 0.15) is 41.4 Å². The van der Waals surface area contributed by atoms with Crippen LogP contribution in [0.3, 0.4) is 0 Å². The molecule has 0 aliphatic rings. The zero-order valence-electron chi connectivity index (χ0n) is 15.0. The highest BCUT2D eigenvalue weighted by Crippen LogP contribution is 2.29. The molecule has 0 saturated heterocycles. The van der Waals surface area contributed by atoms with Crippen molar-refractivity contribution >= 4 is 11.6 Å². The van der Waals surface area contributed by atoms with E-state index in [1.807, 2.05) is 42.5 Å². The van der Waals surface area contributed by atoms with E-state index < -0.39 is 0 Å². The van der Waals surface area contributed by atoms with Gasteiger partial charge in [-0.2, -0.15) is 0 Å². The lowest BCUT2D eigenvalue weighted by atomic mass is 10.0. The number of phenols is 1. The number of nitrogens with zero attached hydrogens (tertiary/aromatic N) is 2. The van der Waals surface area contributed by atoms with E-state index >= 15 is 0 Å². The van der Waals surface area contributed by atoms with E-state index in [9.17, 15) is 9.90 Å². The standard InChI is InChI=1S/C22H22N2O2/c1-16(2)17-10-12-18(13-11-17)22(26)24(15-19-7-5-6-14-23-19)20-8-3-4-9-21(20)25/h3-14,16,25H,15H2,1-2H3. The summed E-state index contributed by atoms with van der Waals surface area (Å²) in [5, 5.41) is 10.3. The first-order valence-electron chi connectivity index (χ1n) is 8.66. The van der Waals surface area contributed by atoms with Gasteiger partial charge in [-0.15, -0.1) is 0 Å². The monoisotopic (exact) mass is 346 g/mol. The first kappa shape index (κ1) is 17.7. The number of hydrogen-bond donors (Lipinski definition) is 1. The van der Waals surface area contributed by atoms with E-state index in [2.05, 4.69) is 18.8 Å². The van der Waals surface area contributed by atoms with Gasteiger partial charge in [-0.3, -0.25) is 14.7 Å². The maximum Gasteiger partial charge on any atom is 0.258 e. The lowest BCUT2D eigenvalue weighted by Crippen LogP contribution is -2.30. The number of pyridine rings is 1. The molecule has 0 bridgehead atoms. The number of amides is 1. The summed E-state index contributed by atoms with van der Waals surface area (Å²) < 4.78 is 0. The van der Waals surface area contributed by atoms with Gasteiger partial charge < -0.3 is 5.11 Å². The summed E-state index contributed by atoms with van der Waals surface area (Å²) in [5.41, 5.74) is 2.98. The summed E-state index contributed by atoms with van der Waals surface area (Å²) in [6, 6.07) is 20.1. The Hall–Kier alpha value is -3.14. The van der Waals surface area contributed by atoms with Gasteiger partial charge in [0.25, 0.3) is 5.91 Å². The van der Waals surface area contributed by atoms with Crippen molar-refractivity contribution in [2.45, 2.75) is 26.3 Å². The summed E-state index contributed by atoms with van der Waals surface area (Å²) in [4.78, 5) is 19.0. The van der Waals surface area contributed by atoms with Gasteiger partial charge in [0.15, 0.2) is 0 Å². The second-order valence-electron chi connectivity index (χ2n) is 6.48. The number of rotatable bonds is 5. The molecule has 0 radical (unpaired) electrons. The molecule has 1 heterocycles. The molecule has 1 aromatic heterocycles. The van der Waals surface area contributed by atoms with E-state index in [0.717, 1.165) is 5.69 Å². The Morgan fingerprint density at radius 2 is 1.69 bits per heavy atom. The minimum Gasteiger partial charge on any atom is -0.506 e. The van der Waals surface area contributed by atoms with Gasteiger partial charge in [-0.05, 0) is 47.9 Å². The van der Waals surface area contributed by atoms with Gasteiger partial charge in [-0.25, -0.2) is 0 Å². The average molecular weight is 346 g/mol. The number of phenolic OH excluding ortho intramolecular Hbond substituents is 1. The molecule has 4 nitrogen and oxygen atoms in total. The predicted octanol–water partition coefficient (Wildman–Crippen LogP) is 4.76. The molecule has 0 fully saturated rings. The molecule has 26 heavy (non-hydrogen) atoms. The SMILES string of the molecule is CC(C)c1ccc(C(=O)N(Cc2ccccn2)c2ccccc2O)cc1. The molecular formula is C22H22N2O2. The topological polar surface area (TPSA) is 53.4 Å². The van der Waals surface area contributed by atoms with E-state index in [0.29, 0.717) is 17.2 Å². The zero-order valence-corrected chi connectivity index (χ0v) is 15.0. The van der Waals surface area contributed by atoms with Gasteiger partial charge in [0.2, 0.25) is 0 Å². The summed E-state index contributed by atoms with van der Waals surface area (Å²) >= 11 is 0. The van der Waals surface area contributed by atoms with Gasteiger partial charge >= 0.3 is 0 Å². The van der Waals surface area contributed by atoms with Crippen LogP contribution in [0.2, 0.25) is 0 Å². The molecule has 0 saturated carbocycles. The normalized spacial score (nSPS) is 10.7. The summed E-state index contributed by atoms with van der Waals surface area (Å²) in [7, 11) is 0. The average Bonchev–Trinajstić information content (AvgIpc) is 2.67. The lowest BCUT2D eigenvalue weighted by Gasteiger charge is -2.23. The maximum absolute atomic E-state index is 13.2. The number of benzene rings is 2. The Labute approximate surface area is 153 Å². The molecule has 0 aliphatic heterocycles. The molecule has 0 atom stereocenters. The second kappa shape index (κ2) is 7.83. The lowest BCUT2D eigenvalue weighted by molar-refractivity contribution is 0.0984. The van der Waals surface area contributed by atoms with Crippen LogP contribution in [-0.2, 0) is 6.54 Å². The van der Waals surface area contributed by atoms with Gasteiger partial charge in [0.05, 0.1) is 17.9 Å². The predicted molar refractivity (Wildman–Crippen MR) is 103 cm³/mol. The highest BCUT2D eigenvalue weighted by molar-refractivity contribution is 6.06. The molecule has 1 amide bonds. The Bertz CT molecular complexity index is 874. The highest BCUT2D eigenvalue weighted by atomic mass is 16.3. The number of para-hydroxylation sites is 2. The van der Waals surface area contributed by atoms with Crippen molar-refractivity contribution in [3.63, 3.8) is 0 Å². The summed E-state index contributed by atoms with van der Waals surface area (Å²) in [6.45, 7) is 4.52. The highest BCUT2D eigenvalue weighted by Gasteiger charge is 2.21. The van der Waals surface area contributed by atoms with Crippen molar-refractivity contribution in [1.29, 1.82) is 0 Å². The first-order valence-corrected chi connectivity index (χ1v) is 8.66. The first-order chi connectivity index (χ1) is 12.6. The van der Waals surface area contributed by atoms with Gasteiger partial charge in [0, 0.05) is 11.8 Å². The fourth-order valence-corrected chi connectivity index (χ4v) is 2.78. The van der Waals surface area contributed by atoms with Crippen LogP contribution in [0.15, 0.2) is 72.9 Å². The molecule has 3 aromatic rings.